The smallest absolute Gasteiger partial charge is 0.0461 e. The van der Waals surface area contributed by atoms with E-state index in [1.54, 1.807) is 6.07 Å². The maximum atomic E-state index is 6.06. The first kappa shape index (κ1) is 16.7. The van der Waals surface area contributed by atoms with Gasteiger partial charge >= 0.3 is 0 Å². The van der Waals surface area contributed by atoms with Crippen molar-refractivity contribution in [3.05, 3.63) is 68.5 Å². The third-order valence-electron chi connectivity index (χ3n) is 3.30. The van der Waals surface area contributed by atoms with Crippen molar-refractivity contribution in [1.29, 1.82) is 0 Å². The second-order valence-electron chi connectivity index (χ2n) is 5.17. The highest BCUT2D eigenvalue weighted by Crippen LogP contribution is 2.25. The van der Waals surface area contributed by atoms with Crippen LogP contribution >= 0.6 is 35.0 Å². The van der Waals surface area contributed by atoms with Crippen LogP contribution in [0.5, 0.6) is 0 Å². The highest BCUT2D eigenvalue weighted by Gasteiger charge is 2.03. The van der Waals surface area contributed by atoms with Crippen LogP contribution in [0.15, 0.2) is 42.5 Å². The van der Waals surface area contributed by atoms with Crippen LogP contribution in [0.4, 0.5) is 0 Å². The lowest BCUT2D eigenvalue weighted by Gasteiger charge is -2.08. The summed E-state index contributed by atoms with van der Waals surface area (Å²) in [5, 5.41) is 4.28. The van der Waals surface area contributed by atoms with E-state index >= 15 is 0 Å². The van der Waals surface area contributed by atoms with Gasteiger partial charge in [-0.1, -0.05) is 60.5 Å². The third-order valence-corrected chi connectivity index (χ3v) is 5.20. The number of benzene rings is 2. The molecule has 2 N–H and O–H groups in total. The van der Waals surface area contributed by atoms with Crippen LogP contribution in [0, 0.1) is 16.4 Å². The normalized spacial score (nSPS) is 12.4. The molecule has 0 saturated carbocycles. The van der Waals surface area contributed by atoms with E-state index in [-0.39, 0.29) is 0 Å². The van der Waals surface area contributed by atoms with Gasteiger partial charge in [-0.2, -0.15) is 11.8 Å². The van der Waals surface area contributed by atoms with Gasteiger partial charge in [0.05, 0.1) is 0 Å². The van der Waals surface area contributed by atoms with Crippen LogP contribution in [-0.2, 0) is 5.75 Å². The minimum Gasteiger partial charge on any atom is -0.330 e. The van der Waals surface area contributed by atoms with Gasteiger partial charge in [0.1, 0.15) is 0 Å². The average Bonchev–Trinajstić information content (AvgIpc) is 2.45. The van der Waals surface area contributed by atoms with Gasteiger partial charge in [-0.25, -0.2) is 0 Å². The Morgan fingerprint density at radius 3 is 2.10 bits per heavy atom. The molecule has 0 heterocycles. The quantitative estimate of drug-likeness (QED) is 0.699. The summed E-state index contributed by atoms with van der Waals surface area (Å²) in [4.78, 5) is 0. The standard InChI is InChI=1S/C11H15Cl2NS.C6H4/c1-8(5-14)6-15-7-9-2-3-10(12)4-11(9)13;1-2-6-4-3-5(1)6/h2-4,8H,5-7,14H2,1H3;1-4H. The van der Waals surface area contributed by atoms with E-state index in [9.17, 15) is 0 Å². The molecule has 0 saturated heterocycles. The van der Waals surface area contributed by atoms with E-state index < -0.39 is 0 Å². The molecule has 0 fully saturated rings. The van der Waals surface area contributed by atoms with Crippen molar-refractivity contribution in [2.24, 2.45) is 11.7 Å². The molecule has 1 aromatic rings. The fourth-order valence-corrected chi connectivity index (χ4v) is 3.42. The zero-order chi connectivity index (χ0) is 15.2. The van der Waals surface area contributed by atoms with Crippen molar-refractivity contribution in [3.8, 4) is 0 Å². The fraction of sp³-hybridized carbons (Fsp3) is 0.294. The minimum atomic E-state index is 0.557. The monoisotopic (exact) mass is 339 g/mol. The van der Waals surface area contributed by atoms with Gasteiger partial charge in [0, 0.05) is 15.8 Å². The van der Waals surface area contributed by atoms with Crippen molar-refractivity contribution >= 4 is 35.0 Å². The molecule has 21 heavy (non-hydrogen) atoms. The Labute approximate surface area is 140 Å². The van der Waals surface area contributed by atoms with Crippen LogP contribution in [0.1, 0.15) is 12.5 Å². The summed E-state index contributed by atoms with van der Waals surface area (Å²) < 4.78 is 0. The second kappa shape index (κ2) is 8.09. The van der Waals surface area contributed by atoms with Gasteiger partial charge in [0.15, 0.2) is 0 Å². The Morgan fingerprint density at radius 2 is 1.67 bits per heavy atom. The summed E-state index contributed by atoms with van der Waals surface area (Å²) in [5.74, 6) is 2.54. The topological polar surface area (TPSA) is 26.0 Å². The first-order chi connectivity index (χ1) is 10.1. The molecular formula is C17H19Cl2NS. The Hall–Kier alpha value is -0.670. The lowest BCUT2D eigenvalue weighted by atomic mass is 10.1. The number of hydrogen-bond donors (Lipinski definition) is 1. The molecule has 0 aliphatic heterocycles. The zero-order valence-electron chi connectivity index (χ0n) is 12.0. The molecule has 1 unspecified atom stereocenters. The minimum absolute atomic E-state index is 0.557. The van der Waals surface area contributed by atoms with E-state index in [2.05, 4.69) is 31.2 Å². The summed E-state index contributed by atoms with van der Waals surface area (Å²) in [6.45, 7) is 2.89. The van der Waals surface area contributed by atoms with Gasteiger partial charge in [-0.3, -0.25) is 0 Å². The highest BCUT2D eigenvalue weighted by molar-refractivity contribution is 7.98. The van der Waals surface area contributed by atoms with Crippen LogP contribution < -0.4 is 5.73 Å². The maximum Gasteiger partial charge on any atom is 0.0461 e. The first-order valence-electron chi connectivity index (χ1n) is 6.92. The van der Waals surface area contributed by atoms with Crippen molar-refractivity contribution < 1.29 is 0 Å². The number of nitrogens with two attached hydrogens (primary N) is 1. The molecule has 112 valence electrons. The van der Waals surface area contributed by atoms with E-state index in [1.165, 1.54) is 10.4 Å². The molecular weight excluding hydrogens is 321 g/mol. The van der Waals surface area contributed by atoms with Gasteiger partial charge < -0.3 is 5.73 Å². The molecule has 0 amide bonds. The Kier molecular flexibility index (Phi) is 6.43. The largest absolute Gasteiger partial charge is 0.330 e. The predicted molar refractivity (Wildman–Crippen MR) is 95.0 cm³/mol. The summed E-state index contributed by atoms with van der Waals surface area (Å²) in [7, 11) is 0. The molecule has 1 nitrogen and oxygen atoms in total. The number of hydrogen-bond acceptors (Lipinski definition) is 2. The molecule has 2 aliphatic rings. The molecule has 2 aliphatic carbocycles. The maximum absolute atomic E-state index is 6.06. The van der Waals surface area contributed by atoms with Crippen molar-refractivity contribution in [2.45, 2.75) is 12.7 Å². The van der Waals surface area contributed by atoms with E-state index in [1.807, 2.05) is 23.9 Å². The zero-order valence-corrected chi connectivity index (χ0v) is 14.3. The third kappa shape index (κ3) is 4.93. The molecule has 1 atom stereocenters. The molecule has 3 rings (SSSR count). The average molecular weight is 340 g/mol. The fourth-order valence-electron chi connectivity index (χ4n) is 1.74. The van der Waals surface area contributed by atoms with Crippen molar-refractivity contribution in [1.82, 2.24) is 0 Å². The summed E-state index contributed by atoms with van der Waals surface area (Å²) in [5.41, 5.74) is 6.68. The van der Waals surface area contributed by atoms with E-state index in [0.29, 0.717) is 10.9 Å². The van der Waals surface area contributed by atoms with Gasteiger partial charge in [-0.15, -0.1) is 0 Å². The summed E-state index contributed by atoms with van der Waals surface area (Å²) in [6, 6.07) is 14.1. The van der Waals surface area contributed by atoms with Gasteiger partial charge in [-0.05, 0) is 46.3 Å². The highest BCUT2D eigenvalue weighted by atomic mass is 35.5. The Balaban J connectivity index is 0.000000218. The molecule has 0 radical (unpaired) electrons. The second-order valence-corrected chi connectivity index (χ2v) is 7.04. The summed E-state index contributed by atoms with van der Waals surface area (Å²) >= 11 is 13.7. The first-order valence-corrected chi connectivity index (χ1v) is 8.83. The molecule has 0 bridgehead atoms. The van der Waals surface area contributed by atoms with E-state index in [0.717, 1.165) is 28.6 Å². The molecule has 4 heteroatoms. The van der Waals surface area contributed by atoms with Crippen LogP contribution in [0.2, 0.25) is 10.0 Å². The SMILES string of the molecule is CC(CN)CSCc1ccc(Cl)cc1Cl.c1cc2ccc1=2. The molecule has 0 spiro atoms. The Bertz CT molecular complexity index is 637. The lowest BCUT2D eigenvalue weighted by Crippen LogP contribution is -2.12. The molecule has 1 aromatic carbocycles. The van der Waals surface area contributed by atoms with Gasteiger partial charge in [0.25, 0.3) is 0 Å². The van der Waals surface area contributed by atoms with Crippen molar-refractivity contribution in [3.63, 3.8) is 0 Å². The molecule has 0 aromatic heterocycles. The van der Waals surface area contributed by atoms with Crippen LogP contribution in [0.3, 0.4) is 0 Å². The Morgan fingerprint density at radius 1 is 1.05 bits per heavy atom. The van der Waals surface area contributed by atoms with Crippen LogP contribution in [-0.4, -0.2) is 12.3 Å². The lowest BCUT2D eigenvalue weighted by molar-refractivity contribution is 0.675. The number of thioether (sulfide) groups is 1. The van der Waals surface area contributed by atoms with Gasteiger partial charge in [0.2, 0.25) is 0 Å². The number of rotatable bonds is 5. The predicted octanol–water partition coefficient (Wildman–Crippen LogP) is 5.11. The number of halogens is 2. The van der Waals surface area contributed by atoms with Crippen LogP contribution in [0.25, 0.3) is 0 Å². The van der Waals surface area contributed by atoms with Crippen molar-refractivity contribution in [2.75, 3.05) is 12.3 Å². The summed E-state index contributed by atoms with van der Waals surface area (Å²) in [6.07, 6.45) is 0. The van der Waals surface area contributed by atoms with E-state index in [4.69, 9.17) is 28.9 Å².